The molecule has 156 valence electrons. The van der Waals surface area contributed by atoms with Crippen LogP contribution < -0.4 is 0 Å². The molecule has 0 unspecified atom stereocenters. The lowest BCUT2D eigenvalue weighted by Gasteiger charge is -2.32. The number of carbonyl (C=O) groups excluding carboxylic acids is 1. The predicted molar refractivity (Wildman–Crippen MR) is 94.9 cm³/mol. The number of rotatable bonds is 4. The first-order chi connectivity index (χ1) is 13.6. The summed E-state index contributed by atoms with van der Waals surface area (Å²) in [6.07, 6.45) is 1.81. The van der Waals surface area contributed by atoms with Crippen LogP contribution in [0, 0.1) is 29.2 Å². The molecule has 1 N–H and O–H groups in total. The third kappa shape index (κ3) is 4.27. The lowest BCUT2D eigenvalue weighted by molar-refractivity contribution is 0.0677. The summed E-state index contributed by atoms with van der Waals surface area (Å²) in [5.41, 5.74) is -0.409. The van der Waals surface area contributed by atoms with E-state index in [-0.39, 0.29) is 19.0 Å². The highest BCUT2D eigenvalue weighted by molar-refractivity contribution is 7.85. The Morgan fingerprint density at radius 3 is 1.97 bits per heavy atom. The molecule has 0 atom stereocenters. The first-order valence-electron chi connectivity index (χ1n) is 8.78. The van der Waals surface area contributed by atoms with Gasteiger partial charge in [-0.1, -0.05) is 30.3 Å². The zero-order valence-electron chi connectivity index (χ0n) is 15.0. The maximum Gasteiger partial charge on any atom is 0.300 e. The molecule has 0 bridgehead atoms. The number of hydrogen-bond acceptors (Lipinski definition) is 3. The number of piperidine rings is 1. The Hall–Kier alpha value is -2.46. The van der Waals surface area contributed by atoms with Crippen molar-refractivity contribution in [3.8, 4) is 0 Å². The van der Waals surface area contributed by atoms with E-state index in [0.717, 1.165) is 16.9 Å². The molecule has 1 aliphatic heterocycles. The molecule has 1 heterocycles. The van der Waals surface area contributed by atoms with Gasteiger partial charge in [0.2, 0.25) is 0 Å². The van der Waals surface area contributed by atoms with Gasteiger partial charge in [-0.25, -0.2) is 17.6 Å². The second-order valence-corrected chi connectivity index (χ2v) is 8.22. The number of hydrogen-bond donors (Lipinski definition) is 1. The topological polar surface area (TPSA) is 74.7 Å². The van der Waals surface area contributed by atoms with Crippen molar-refractivity contribution in [3.63, 3.8) is 0 Å². The zero-order chi connectivity index (χ0) is 21.3. The summed E-state index contributed by atoms with van der Waals surface area (Å²) >= 11 is 0. The monoisotopic (exact) mass is 431 g/mol. The summed E-state index contributed by atoms with van der Waals surface area (Å²) in [5, 5.41) is 0. The van der Waals surface area contributed by atoms with Crippen LogP contribution >= 0.6 is 0 Å². The van der Waals surface area contributed by atoms with Crippen LogP contribution in [0.25, 0.3) is 0 Å². The Bertz CT molecular complexity index is 1010. The van der Waals surface area contributed by atoms with E-state index < -0.39 is 49.8 Å². The van der Waals surface area contributed by atoms with E-state index in [1.54, 1.807) is 0 Å². The standard InChI is InChI=1S/C19H17F4NO4S/c20-14-13(15(21)17(23)18(16(14)22)29(26,27)28)19(25)24-8-6-12(7-9-24)10-11-4-2-1-3-5-11/h1-5,12H,6-10H2,(H,26,27,28). The van der Waals surface area contributed by atoms with Gasteiger partial charge in [0.15, 0.2) is 28.2 Å². The van der Waals surface area contributed by atoms with Gasteiger partial charge >= 0.3 is 10.1 Å². The average Bonchev–Trinajstić information content (AvgIpc) is 2.67. The van der Waals surface area contributed by atoms with Crippen LogP contribution in [-0.4, -0.2) is 36.9 Å². The van der Waals surface area contributed by atoms with Crippen molar-refractivity contribution in [1.82, 2.24) is 4.90 Å². The molecule has 1 amide bonds. The second-order valence-electron chi connectivity index (χ2n) is 6.86. The Morgan fingerprint density at radius 2 is 1.48 bits per heavy atom. The van der Waals surface area contributed by atoms with Crippen molar-refractivity contribution in [1.29, 1.82) is 0 Å². The lowest BCUT2D eigenvalue weighted by Crippen LogP contribution is -2.40. The van der Waals surface area contributed by atoms with E-state index in [9.17, 15) is 30.8 Å². The van der Waals surface area contributed by atoms with Crippen molar-refractivity contribution in [2.24, 2.45) is 5.92 Å². The minimum Gasteiger partial charge on any atom is -0.338 e. The van der Waals surface area contributed by atoms with Crippen molar-refractivity contribution >= 4 is 16.0 Å². The number of halogens is 4. The van der Waals surface area contributed by atoms with Gasteiger partial charge in [-0.3, -0.25) is 9.35 Å². The largest absolute Gasteiger partial charge is 0.338 e. The highest BCUT2D eigenvalue weighted by atomic mass is 32.2. The van der Waals surface area contributed by atoms with E-state index in [0.29, 0.717) is 12.8 Å². The van der Waals surface area contributed by atoms with Gasteiger partial charge < -0.3 is 4.90 Å². The van der Waals surface area contributed by atoms with Crippen LogP contribution in [0.5, 0.6) is 0 Å². The van der Waals surface area contributed by atoms with Gasteiger partial charge in [0.1, 0.15) is 5.56 Å². The summed E-state index contributed by atoms with van der Waals surface area (Å²) in [7, 11) is -5.57. The van der Waals surface area contributed by atoms with Crippen molar-refractivity contribution in [2.45, 2.75) is 24.2 Å². The van der Waals surface area contributed by atoms with Gasteiger partial charge in [-0.15, -0.1) is 0 Å². The molecule has 10 heteroatoms. The van der Waals surface area contributed by atoms with E-state index in [1.165, 1.54) is 0 Å². The normalized spacial score (nSPS) is 15.6. The minimum absolute atomic E-state index is 0.124. The fourth-order valence-corrected chi connectivity index (χ4v) is 4.10. The van der Waals surface area contributed by atoms with E-state index in [1.807, 2.05) is 30.3 Å². The van der Waals surface area contributed by atoms with Gasteiger partial charge in [0.25, 0.3) is 5.91 Å². The van der Waals surface area contributed by atoms with Crippen LogP contribution in [0.1, 0.15) is 28.8 Å². The lowest BCUT2D eigenvalue weighted by atomic mass is 9.90. The Morgan fingerprint density at radius 1 is 0.966 bits per heavy atom. The molecule has 5 nitrogen and oxygen atoms in total. The van der Waals surface area contributed by atoms with E-state index in [2.05, 4.69) is 0 Å². The van der Waals surface area contributed by atoms with Gasteiger partial charge in [-0.2, -0.15) is 8.42 Å². The third-order valence-corrected chi connectivity index (χ3v) is 5.84. The third-order valence-electron chi connectivity index (χ3n) is 4.96. The molecular formula is C19H17F4NO4S. The van der Waals surface area contributed by atoms with Crippen LogP contribution in [-0.2, 0) is 16.5 Å². The summed E-state index contributed by atoms with van der Waals surface area (Å²) in [4.78, 5) is 11.4. The molecule has 1 aliphatic rings. The Kier molecular flexibility index (Phi) is 5.95. The molecule has 0 aromatic heterocycles. The van der Waals surface area contributed by atoms with Crippen molar-refractivity contribution in [3.05, 3.63) is 64.7 Å². The maximum absolute atomic E-state index is 14.2. The maximum atomic E-state index is 14.2. The van der Waals surface area contributed by atoms with Gasteiger partial charge in [0.05, 0.1) is 0 Å². The molecule has 1 saturated heterocycles. The molecule has 0 radical (unpaired) electrons. The Labute approximate surface area is 164 Å². The highest BCUT2D eigenvalue weighted by Crippen LogP contribution is 2.30. The molecule has 0 aliphatic carbocycles. The molecule has 0 spiro atoms. The van der Waals surface area contributed by atoms with Crippen LogP contribution in [0.3, 0.4) is 0 Å². The number of likely N-dealkylation sites (tertiary alicyclic amines) is 1. The summed E-state index contributed by atoms with van der Waals surface area (Å²) in [5.74, 6) is -10.0. The molecule has 2 aromatic rings. The molecule has 3 rings (SSSR count). The first kappa shape index (κ1) is 21.3. The number of nitrogens with zero attached hydrogens (tertiary/aromatic N) is 1. The number of benzene rings is 2. The summed E-state index contributed by atoms with van der Waals surface area (Å²) < 4.78 is 87.1. The molecule has 29 heavy (non-hydrogen) atoms. The van der Waals surface area contributed by atoms with Gasteiger partial charge in [-0.05, 0) is 30.7 Å². The van der Waals surface area contributed by atoms with E-state index in [4.69, 9.17) is 4.55 Å². The van der Waals surface area contributed by atoms with Crippen molar-refractivity contribution in [2.75, 3.05) is 13.1 Å². The fourth-order valence-electron chi connectivity index (χ4n) is 3.47. The predicted octanol–water partition coefficient (Wildman–Crippen LogP) is 3.58. The van der Waals surface area contributed by atoms with Gasteiger partial charge in [0, 0.05) is 13.1 Å². The van der Waals surface area contributed by atoms with E-state index >= 15 is 0 Å². The van der Waals surface area contributed by atoms with Crippen molar-refractivity contribution < 1.29 is 35.3 Å². The molecular weight excluding hydrogens is 414 g/mol. The smallest absolute Gasteiger partial charge is 0.300 e. The van der Waals surface area contributed by atoms with Crippen LogP contribution in [0.15, 0.2) is 35.2 Å². The number of amides is 1. The van der Waals surface area contributed by atoms with Crippen LogP contribution in [0.2, 0.25) is 0 Å². The minimum atomic E-state index is -5.57. The summed E-state index contributed by atoms with van der Waals surface area (Å²) in [6.45, 7) is 0.247. The quantitative estimate of drug-likeness (QED) is 0.456. The zero-order valence-corrected chi connectivity index (χ0v) is 15.9. The summed E-state index contributed by atoms with van der Waals surface area (Å²) in [6, 6.07) is 9.62. The molecule has 1 fully saturated rings. The Balaban J connectivity index is 1.80. The first-order valence-corrected chi connectivity index (χ1v) is 10.2. The fraction of sp³-hybridized carbons (Fsp3) is 0.316. The van der Waals surface area contributed by atoms with Crippen LogP contribution in [0.4, 0.5) is 17.6 Å². The highest BCUT2D eigenvalue weighted by Gasteiger charge is 2.36. The SMILES string of the molecule is O=C(c1c(F)c(F)c(S(=O)(=O)O)c(F)c1F)N1CCC(Cc2ccccc2)CC1. The molecule has 0 saturated carbocycles. The average molecular weight is 431 g/mol. The molecule has 2 aromatic carbocycles. The number of carbonyl (C=O) groups is 1. The second kappa shape index (κ2) is 8.11.